The van der Waals surface area contributed by atoms with Crippen molar-refractivity contribution in [2.75, 3.05) is 11.4 Å². The second kappa shape index (κ2) is 4.66. The summed E-state index contributed by atoms with van der Waals surface area (Å²) in [5.41, 5.74) is 2.69. The number of fused-ring (bicyclic) bond motifs is 4. The normalized spacial score (nSPS) is 27.3. The summed E-state index contributed by atoms with van der Waals surface area (Å²) >= 11 is 0. The number of pyridine rings is 1. The molecule has 0 unspecified atom stereocenters. The molecule has 6 nitrogen and oxygen atoms in total. The Morgan fingerprint density at radius 3 is 2.95 bits per heavy atom. The second-order valence-corrected chi connectivity index (χ2v) is 6.13. The monoisotopic (exact) mass is 300 g/mol. The lowest BCUT2D eigenvalue weighted by Gasteiger charge is -2.15. The van der Waals surface area contributed by atoms with Crippen molar-refractivity contribution in [3.8, 4) is 0 Å². The van der Waals surface area contributed by atoms with E-state index in [-0.39, 0.29) is 5.91 Å². The lowest BCUT2D eigenvalue weighted by Crippen LogP contribution is -2.42. The summed E-state index contributed by atoms with van der Waals surface area (Å²) in [6, 6.07) is 7.47. The third-order valence-corrected chi connectivity index (χ3v) is 4.49. The number of aromatic amines is 1. The Hall–Kier alpha value is -2.18. The second-order valence-electron chi connectivity index (χ2n) is 6.13. The van der Waals surface area contributed by atoms with E-state index >= 15 is 0 Å². The largest absolute Gasteiger partial charge is 0.389 e. The van der Waals surface area contributed by atoms with Crippen molar-refractivity contribution < 1.29 is 20.0 Å². The fourth-order valence-corrected chi connectivity index (χ4v) is 3.42. The van der Waals surface area contributed by atoms with Gasteiger partial charge in [0, 0.05) is 11.8 Å². The van der Waals surface area contributed by atoms with Crippen LogP contribution in [-0.2, 0) is 4.79 Å². The van der Waals surface area contributed by atoms with Gasteiger partial charge in [0.05, 0.1) is 11.7 Å². The van der Waals surface area contributed by atoms with Crippen molar-refractivity contribution in [3.05, 3.63) is 35.4 Å². The Labute approximate surface area is 127 Å². The van der Waals surface area contributed by atoms with Crippen molar-refractivity contribution in [2.45, 2.75) is 31.7 Å². The number of nitrogens with one attached hydrogen (secondary N) is 2. The Kier molecular flexibility index (Phi) is 2.85. The number of benzene rings is 1. The molecular formula is C16H18N3O3+. The van der Waals surface area contributed by atoms with Gasteiger partial charge >= 0.3 is 0 Å². The van der Waals surface area contributed by atoms with Crippen LogP contribution < -0.4 is 15.2 Å². The van der Waals surface area contributed by atoms with Gasteiger partial charge in [-0.1, -0.05) is 11.6 Å². The molecule has 4 rings (SSSR count). The van der Waals surface area contributed by atoms with E-state index in [0.717, 1.165) is 16.5 Å². The molecule has 0 bridgehead atoms. The number of hydrogen-bond acceptors (Lipinski definition) is 4. The Bertz CT molecular complexity index is 777. The van der Waals surface area contributed by atoms with Crippen molar-refractivity contribution in [2.24, 2.45) is 0 Å². The first kappa shape index (κ1) is 13.5. The van der Waals surface area contributed by atoms with E-state index in [1.807, 2.05) is 36.1 Å². The number of aromatic nitrogens is 1. The Morgan fingerprint density at radius 2 is 2.14 bits per heavy atom. The lowest BCUT2D eigenvalue weighted by molar-refractivity contribution is -0.331. The molecule has 0 spiro atoms. The predicted molar refractivity (Wildman–Crippen MR) is 80.1 cm³/mol. The van der Waals surface area contributed by atoms with Crippen LogP contribution in [0.25, 0.3) is 10.9 Å². The summed E-state index contributed by atoms with van der Waals surface area (Å²) in [4.78, 5) is 17.4. The molecule has 2 aromatic rings. The molecular weight excluding hydrogens is 282 g/mol. The smallest absolute Gasteiger partial charge is 0.283 e. The fraction of sp³-hybridized carbons (Fsp3) is 0.375. The van der Waals surface area contributed by atoms with Gasteiger partial charge in [-0.3, -0.25) is 4.79 Å². The maximum Gasteiger partial charge on any atom is 0.283 e. The molecule has 1 fully saturated rings. The number of anilines is 1. The Morgan fingerprint density at radius 1 is 1.32 bits per heavy atom. The highest BCUT2D eigenvalue weighted by molar-refractivity contribution is 5.88. The first-order chi connectivity index (χ1) is 10.5. The van der Waals surface area contributed by atoms with Gasteiger partial charge in [0.15, 0.2) is 12.3 Å². The number of aliphatic hydroxyl groups excluding tert-OH is 2. The summed E-state index contributed by atoms with van der Waals surface area (Å²) < 4.78 is 0. The number of aryl methyl sites for hydroxylation is 1. The maximum atomic E-state index is 12.2. The summed E-state index contributed by atoms with van der Waals surface area (Å²) in [5.74, 6) is 0.442. The average molecular weight is 300 g/mol. The summed E-state index contributed by atoms with van der Waals surface area (Å²) in [6.07, 6.45) is -1.22. The van der Waals surface area contributed by atoms with Crippen LogP contribution in [0.3, 0.4) is 0 Å². The summed E-state index contributed by atoms with van der Waals surface area (Å²) in [6.45, 7) is 2.39. The molecule has 114 valence electrons. The molecule has 2 aliphatic heterocycles. The molecule has 0 saturated carbocycles. The van der Waals surface area contributed by atoms with Crippen LogP contribution in [0.1, 0.15) is 23.8 Å². The molecule has 0 radical (unpaired) electrons. The number of rotatable bonds is 0. The first-order valence-corrected chi connectivity index (χ1v) is 7.42. The molecule has 4 N–H and O–H groups in total. The van der Waals surface area contributed by atoms with E-state index in [0.29, 0.717) is 24.3 Å². The fourth-order valence-electron chi connectivity index (χ4n) is 3.42. The number of amides is 1. The van der Waals surface area contributed by atoms with E-state index in [9.17, 15) is 15.0 Å². The minimum Gasteiger partial charge on any atom is -0.389 e. The summed E-state index contributed by atoms with van der Waals surface area (Å²) in [7, 11) is 0. The van der Waals surface area contributed by atoms with Gasteiger partial charge in [0.25, 0.3) is 11.7 Å². The lowest BCUT2D eigenvalue weighted by atomic mass is 10.1. The number of carbonyl (C=O) groups excluding carboxylic acids is 1. The minimum atomic E-state index is -1.05. The molecule has 2 aliphatic rings. The number of hydrogen-bond donors (Lipinski definition) is 3. The zero-order valence-electron chi connectivity index (χ0n) is 12.2. The van der Waals surface area contributed by atoms with Gasteiger partial charge in [0.1, 0.15) is 12.1 Å². The number of carbonyl (C=O) groups is 1. The molecule has 3 atom stereocenters. The molecule has 22 heavy (non-hydrogen) atoms. The molecule has 1 aromatic carbocycles. The van der Waals surface area contributed by atoms with Crippen LogP contribution in [0.4, 0.5) is 5.82 Å². The van der Waals surface area contributed by atoms with Gasteiger partial charge in [-0.2, -0.15) is 0 Å². The van der Waals surface area contributed by atoms with Crippen molar-refractivity contribution in [3.63, 3.8) is 0 Å². The number of H-pyrrole nitrogens is 1. The van der Waals surface area contributed by atoms with E-state index in [1.54, 1.807) is 0 Å². The van der Waals surface area contributed by atoms with E-state index in [4.69, 9.17) is 0 Å². The predicted octanol–water partition coefficient (Wildman–Crippen LogP) is 0.0226. The number of aliphatic hydroxyl groups is 2. The molecule has 1 amide bonds. The van der Waals surface area contributed by atoms with E-state index in [1.165, 1.54) is 0 Å². The standard InChI is InChI=1S/C16H17N3O3/c1-8-2-3-12-9(4-8)5-11-14(17-12)19-7-10(20)6-13(19)16(22)18-15(11)21/h2-5,10,13,15,20-21H,6-7H2,1H3,(H,18,22)/p+1/t10-,13-,15-/m1/s1. The van der Waals surface area contributed by atoms with Gasteiger partial charge in [-0.05, 0) is 25.1 Å². The highest BCUT2D eigenvalue weighted by atomic mass is 16.3. The highest BCUT2D eigenvalue weighted by Crippen LogP contribution is 2.33. The minimum absolute atomic E-state index is 0.256. The summed E-state index contributed by atoms with van der Waals surface area (Å²) in [5, 5.41) is 23.8. The molecule has 0 aliphatic carbocycles. The van der Waals surface area contributed by atoms with Crippen LogP contribution >= 0.6 is 0 Å². The highest BCUT2D eigenvalue weighted by Gasteiger charge is 2.47. The maximum absolute atomic E-state index is 12.2. The molecule has 6 heteroatoms. The Balaban J connectivity index is 1.94. The van der Waals surface area contributed by atoms with Crippen LogP contribution in [0.2, 0.25) is 0 Å². The first-order valence-electron chi connectivity index (χ1n) is 7.42. The van der Waals surface area contributed by atoms with Gasteiger partial charge in [-0.25, -0.2) is 9.88 Å². The zero-order chi connectivity index (χ0) is 15.4. The van der Waals surface area contributed by atoms with Gasteiger partial charge in [-0.15, -0.1) is 0 Å². The SMILES string of the molecule is Cc1ccc2[nH+]c3c(cc2c1)[C@@H](O)NC(=O)[C@H]1C[C@@H](O)CN31. The molecule has 1 saturated heterocycles. The van der Waals surface area contributed by atoms with Crippen LogP contribution in [-0.4, -0.2) is 34.8 Å². The van der Waals surface area contributed by atoms with E-state index < -0.39 is 18.4 Å². The number of nitrogens with zero attached hydrogens (tertiary/aromatic N) is 1. The average Bonchev–Trinajstić information content (AvgIpc) is 2.84. The topological polar surface area (TPSA) is 86.9 Å². The van der Waals surface area contributed by atoms with Crippen molar-refractivity contribution in [1.82, 2.24) is 5.32 Å². The van der Waals surface area contributed by atoms with Crippen LogP contribution in [0, 0.1) is 6.92 Å². The van der Waals surface area contributed by atoms with E-state index in [2.05, 4.69) is 10.3 Å². The van der Waals surface area contributed by atoms with Gasteiger partial charge in [0.2, 0.25) is 0 Å². The van der Waals surface area contributed by atoms with Crippen molar-refractivity contribution >= 4 is 22.6 Å². The zero-order valence-corrected chi connectivity index (χ0v) is 12.2. The van der Waals surface area contributed by atoms with Crippen LogP contribution in [0.5, 0.6) is 0 Å². The van der Waals surface area contributed by atoms with Gasteiger partial charge < -0.3 is 15.5 Å². The third kappa shape index (κ3) is 1.95. The molecule has 1 aromatic heterocycles. The van der Waals surface area contributed by atoms with Crippen molar-refractivity contribution in [1.29, 1.82) is 0 Å². The quantitative estimate of drug-likeness (QED) is 0.640. The third-order valence-electron chi connectivity index (χ3n) is 4.49. The molecule has 3 heterocycles. The van der Waals surface area contributed by atoms with Crippen LogP contribution in [0.15, 0.2) is 24.3 Å².